The summed E-state index contributed by atoms with van der Waals surface area (Å²) in [7, 11) is -4.00. The molecule has 0 radical (unpaired) electrons. The van der Waals surface area contributed by atoms with Crippen LogP contribution in [0.2, 0.25) is 0 Å². The summed E-state index contributed by atoms with van der Waals surface area (Å²) in [6.07, 6.45) is -0.341. The predicted molar refractivity (Wildman–Crippen MR) is 93.7 cm³/mol. The first-order chi connectivity index (χ1) is 11.7. The van der Waals surface area contributed by atoms with Gasteiger partial charge in [-0.1, -0.05) is 26.0 Å². The van der Waals surface area contributed by atoms with Crippen LogP contribution in [0.1, 0.15) is 31.7 Å². The molecule has 0 saturated carbocycles. The summed E-state index contributed by atoms with van der Waals surface area (Å²) in [6, 6.07) is 11.4. The van der Waals surface area contributed by atoms with Crippen molar-refractivity contribution in [1.29, 1.82) is 0 Å². The molecule has 0 unspecified atom stereocenters. The van der Waals surface area contributed by atoms with E-state index < -0.39 is 21.8 Å². The van der Waals surface area contributed by atoms with Gasteiger partial charge in [0.15, 0.2) is 0 Å². The number of halogens is 1. The summed E-state index contributed by atoms with van der Waals surface area (Å²) >= 11 is 0. The zero-order valence-corrected chi connectivity index (χ0v) is 14.8. The maximum atomic E-state index is 13.1. The van der Waals surface area contributed by atoms with E-state index in [9.17, 15) is 17.6 Å². The van der Waals surface area contributed by atoms with E-state index in [0.717, 1.165) is 22.0 Å². The summed E-state index contributed by atoms with van der Waals surface area (Å²) in [6.45, 7) is 3.83. The van der Waals surface area contributed by atoms with Gasteiger partial charge in [0, 0.05) is 6.54 Å². The Bertz CT molecular complexity index is 830. The molecule has 0 heterocycles. The van der Waals surface area contributed by atoms with Gasteiger partial charge in [0.25, 0.3) is 10.0 Å². The molecule has 0 aliphatic rings. The third-order valence-electron chi connectivity index (χ3n) is 3.78. The quantitative estimate of drug-likeness (QED) is 0.813. The number of carboxylic acid groups (broad SMARTS) is 1. The lowest BCUT2D eigenvalue weighted by Crippen LogP contribution is -2.33. The van der Waals surface area contributed by atoms with E-state index in [0.29, 0.717) is 5.69 Å². The van der Waals surface area contributed by atoms with Crippen LogP contribution in [0.3, 0.4) is 0 Å². The molecule has 5 nitrogen and oxygen atoms in total. The van der Waals surface area contributed by atoms with Crippen LogP contribution >= 0.6 is 0 Å². The van der Waals surface area contributed by atoms with Gasteiger partial charge in [0.05, 0.1) is 17.0 Å². The molecule has 0 bridgehead atoms. The van der Waals surface area contributed by atoms with Crippen molar-refractivity contribution in [2.45, 2.75) is 31.1 Å². The van der Waals surface area contributed by atoms with Crippen LogP contribution < -0.4 is 4.31 Å². The van der Waals surface area contributed by atoms with Gasteiger partial charge >= 0.3 is 5.97 Å². The highest BCUT2D eigenvalue weighted by atomic mass is 32.2. The molecule has 0 fully saturated rings. The topological polar surface area (TPSA) is 74.7 Å². The lowest BCUT2D eigenvalue weighted by atomic mass is 10.0. The molecule has 0 spiro atoms. The lowest BCUT2D eigenvalue weighted by molar-refractivity contribution is -0.136. The molecule has 134 valence electrons. The largest absolute Gasteiger partial charge is 0.481 e. The Balaban J connectivity index is 2.44. The van der Waals surface area contributed by atoms with Crippen LogP contribution in [0, 0.1) is 5.82 Å². The molecule has 0 aliphatic carbocycles. The number of carbonyl (C=O) groups is 1. The number of hydrogen-bond donors (Lipinski definition) is 1. The molecule has 2 rings (SSSR count). The summed E-state index contributed by atoms with van der Waals surface area (Å²) in [5.74, 6) is -1.36. The highest BCUT2D eigenvalue weighted by Crippen LogP contribution is 2.26. The second-order valence-corrected chi connectivity index (χ2v) is 7.78. The highest BCUT2D eigenvalue weighted by molar-refractivity contribution is 7.92. The number of aliphatic carboxylic acids is 1. The third kappa shape index (κ3) is 4.57. The van der Waals surface area contributed by atoms with E-state index in [4.69, 9.17) is 5.11 Å². The second-order valence-electron chi connectivity index (χ2n) is 5.92. The molecule has 0 saturated heterocycles. The fraction of sp³-hybridized carbons (Fsp3) is 0.278. The van der Waals surface area contributed by atoms with Crippen molar-refractivity contribution in [2.24, 2.45) is 0 Å². The van der Waals surface area contributed by atoms with E-state index in [1.165, 1.54) is 12.1 Å². The molecule has 0 amide bonds. The third-order valence-corrected chi connectivity index (χ3v) is 5.62. The van der Waals surface area contributed by atoms with E-state index in [1.54, 1.807) is 12.1 Å². The van der Waals surface area contributed by atoms with Crippen molar-refractivity contribution in [2.75, 3.05) is 10.8 Å². The number of anilines is 1. The summed E-state index contributed by atoms with van der Waals surface area (Å²) in [4.78, 5) is 10.8. The number of nitrogens with zero attached hydrogens (tertiary/aromatic N) is 1. The molecule has 0 aromatic heterocycles. The van der Waals surface area contributed by atoms with Crippen molar-refractivity contribution in [3.63, 3.8) is 0 Å². The van der Waals surface area contributed by atoms with Gasteiger partial charge in [-0.15, -0.1) is 0 Å². The number of carboxylic acids is 1. The Kier molecular flexibility index (Phi) is 5.79. The molecule has 25 heavy (non-hydrogen) atoms. The summed E-state index contributed by atoms with van der Waals surface area (Å²) in [5, 5.41) is 8.93. The fourth-order valence-electron chi connectivity index (χ4n) is 2.34. The first-order valence-corrected chi connectivity index (χ1v) is 9.26. The second kappa shape index (κ2) is 7.65. The molecule has 0 atom stereocenters. The van der Waals surface area contributed by atoms with Crippen LogP contribution in [-0.2, 0) is 14.8 Å². The smallest absolute Gasteiger partial charge is 0.305 e. The maximum absolute atomic E-state index is 13.1. The van der Waals surface area contributed by atoms with Crippen molar-refractivity contribution >= 4 is 21.7 Å². The van der Waals surface area contributed by atoms with Crippen molar-refractivity contribution in [1.82, 2.24) is 0 Å². The van der Waals surface area contributed by atoms with Crippen LogP contribution in [0.15, 0.2) is 53.4 Å². The normalized spacial score (nSPS) is 11.5. The Morgan fingerprint density at radius 2 is 1.64 bits per heavy atom. The minimum Gasteiger partial charge on any atom is -0.481 e. The van der Waals surface area contributed by atoms with Crippen molar-refractivity contribution in [3.05, 3.63) is 59.9 Å². The molecule has 7 heteroatoms. The first kappa shape index (κ1) is 18.9. The number of rotatable bonds is 7. The Morgan fingerprint density at radius 3 is 2.12 bits per heavy atom. The van der Waals surface area contributed by atoms with E-state index >= 15 is 0 Å². The predicted octanol–water partition coefficient (Wildman–Crippen LogP) is 3.62. The zero-order chi connectivity index (χ0) is 18.6. The molecule has 1 N–H and O–H groups in total. The minimum atomic E-state index is -4.00. The number of hydrogen-bond acceptors (Lipinski definition) is 3. The van der Waals surface area contributed by atoms with Gasteiger partial charge in [-0.05, 0) is 47.9 Å². The Labute approximate surface area is 146 Å². The molecular weight excluding hydrogens is 345 g/mol. The molecule has 2 aromatic rings. The SMILES string of the molecule is CC(C)c1ccc(N(CCC(=O)O)S(=O)(=O)c2ccc(F)cc2)cc1. The molecule has 2 aromatic carbocycles. The summed E-state index contributed by atoms with van der Waals surface area (Å²) < 4.78 is 39.9. The standard InChI is InChI=1S/C18H20FNO4S/c1-13(2)14-3-7-16(8-4-14)20(12-11-18(21)22)25(23,24)17-9-5-15(19)6-10-17/h3-10,13H,11-12H2,1-2H3,(H,21,22). The van der Waals surface area contributed by atoms with Gasteiger partial charge in [0.2, 0.25) is 0 Å². The van der Waals surface area contributed by atoms with Crippen LogP contribution in [-0.4, -0.2) is 26.0 Å². The van der Waals surface area contributed by atoms with Gasteiger partial charge in [-0.2, -0.15) is 0 Å². The fourth-order valence-corrected chi connectivity index (χ4v) is 3.81. The molecule has 0 aliphatic heterocycles. The highest BCUT2D eigenvalue weighted by Gasteiger charge is 2.25. The molecular formula is C18H20FNO4S. The Morgan fingerprint density at radius 1 is 1.08 bits per heavy atom. The van der Waals surface area contributed by atoms with Crippen molar-refractivity contribution < 1.29 is 22.7 Å². The average Bonchev–Trinajstić information content (AvgIpc) is 2.55. The number of benzene rings is 2. The zero-order valence-electron chi connectivity index (χ0n) is 14.0. The Hall–Kier alpha value is -2.41. The van der Waals surface area contributed by atoms with Crippen molar-refractivity contribution in [3.8, 4) is 0 Å². The number of sulfonamides is 1. The van der Waals surface area contributed by atoms with E-state index in [2.05, 4.69) is 0 Å². The van der Waals surface area contributed by atoms with Gasteiger partial charge < -0.3 is 5.11 Å². The average molecular weight is 365 g/mol. The van der Waals surface area contributed by atoms with E-state index in [-0.39, 0.29) is 23.8 Å². The lowest BCUT2D eigenvalue weighted by Gasteiger charge is -2.24. The van der Waals surface area contributed by atoms with Gasteiger partial charge in [-0.3, -0.25) is 9.10 Å². The van der Waals surface area contributed by atoms with Gasteiger partial charge in [0.1, 0.15) is 5.82 Å². The van der Waals surface area contributed by atoms with Crippen LogP contribution in [0.4, 0.5) is 10.1 Å². The van der Waals surface area contributed by atoms with Crippen LogP contribution in [0.5, 0.6) is 0 Å². The van der Waals surface area contributed by atoms with Crippen LogP contribution in [0.25, 0.3) is 0 Å². The van der Waals surface area contributed by atoms with E-state index in [1.807, 2.05) is 26.0 Å². The van der Waals surface area contributed by atoms with Gasteiger partial charge in [-0.25, -0.2) is 12.8 Å². The monoisotopic (exact) mass is 365 g/mol. The maximum Gasteiger partial charge on any atom is 0.305 e. The minimum absolute atomic E-state index is 0.0905. The first-order valence-electron chi connectivity index (χ1n) is 7.82. The summed E-state index contributed by atoms with van der Waals surface area (Å²) in [5.41, 5.74) is 1.41.